The van der Waals surface area contributed by atoms with Gasteiger partial charge in [-0.05, 0) is 24.8 Å². The monoisotopic (exact) mass is 314 g/mol. The van der Waals surface area contributed by atoms with Crippen molar-refractivity contribution in [3.05, 3.63) is 28.8 Å². The molecule has 0 amide bonds. The molecule has 1 fully saturated rings. The van der Waals surface area contributed by atoms with E-state index < -0.39 is 0 Å². The standard InChI is InChI=1S/C15H17Cl2FN2/c1-2-3-9-6-13(9)20-14-8-11(18)10(17)7-12(14)19-15(20)4-5-16/h7-9,13H,2-6H2,1H3. The summed E-state index contributed by atoms with van der Waals surface area (Å²) in [6.45, 7) is 2.19. The first-order valence-electron chi connectivity index (χ1n) is 7.07. The second-order valence-electron chi connectivity index (χ2n) is 5.44. The first kappa shape index (κ1) is 14.2. The quantitative estimate of drug-likeness (QED) is 0.712. The zero-order valence-electron chi connectivity index (χ0n) is 11.4. The highest BCUT2D eigenvalue weighted by Crippen LogP contribution is 2.48. The number of imidazole rings is 1. The fraction of sp³-hybridized carbons (Fsp3) is 0.533. The predicted octanol–water partition coefficient (Wildman–Crippen LogP) is 4.97. The molecule has 0 aliphatic heterocycles. The Labute approximate surface area is 127 Å². The lowest BCUT2D eigenvalue weighted by atomic mass is 10.2. The normalized spacial score (nSPS) is 21.6. The molecule has 1 aliphatic carbocycles. The molecule has 0 bridgehead atoms. The van der Waals surface area contributed by atoms with Crippen molar-refractivity contribution in [1.82, 2.24) is 9.55 Å². The second-order valence-corrected chi connectivity index (χ2v) is 6.23. The number of halogens is 3. The van der Waals surface area contributed by atoms with Gasteiger partial charge in [-0.3, -0.25) is 0 Å². The summed E-state index contributed by atoms with van der Waals surface area (Å²) in [7, 11) is 0. The van der Waals surface area contributed by atoms with Crippen LogP contribution in [-0.2, 0) is 6.42 Å². The molecular weight excluding hydrogens is 298 g/mol. The van der Waals surface area contributed by atoms with Crippen molar-refractivity contribution in [2.75, 3.05) is 5.88 Å². The van der Waals surface area contributed by atoms with Crippen LogP contribution < -0.4 is 0 Å². The zero-order chi connectivity index (χ0) is 14.3. The van der Waals surface area contributed by atoms with Crippen molar-refractivity contribution >= 4 is 34.2 Å². The first-order valence-corrected chi connectivity index (χ1v) is 7.98. The molecule has 2 nitrogen and oxygen atoms in total. The maximum absolute atomic E-state index is 13.8. The van der Waals surface area contributed by atoms with Gasteiger partial charge >= 0.3 is 0 Å². The van der Waals surface area contributed by atoms with E-state index in [1.165, 1.54) is 18.9 Å². The molecule has 1 aromatic carbocycles. The number of nitrogens with zero attached hydrogens (tertiary/aromatic N) is 2. The Morgan fingerprint density at radius 3 is 2.95 bits per heavy atom. The number of hydrogen-bond acceptors (Lipinski definition) is 1. The van der Waals surface area contributed by atoms with Crippen molar-refractivity contribution in [3.63, 3.8) is 0 Å². The summed E-state index contributed by atoms with van der Waals surface area (Å²) in [6.07, 6.45) is 4.24. The van der Waals surface area contributed by atoms with E-state index in [1.54, 1.807) is 6.07 Å². The second kappa shape index (κ2) is 5.53. The summed E-state index contributed by atoms with van der Waals surface area (Å²) in [5.74, 6) is 1.76. The van der Waals surface area contributed by atoms with Gasteiger partial charge in [0.25, 0.3) is 0 Å². The SMILES string of the molecule is CCCC1CC1n1c(CCCl)nc2cc(Cl)c(F)cc21. The van der Waals surface area contributed by atoms with E-state index >= 15 is 0 Å². The largest absolute Gasteiger partial charge is 0.324 e. The van der Waals surface area contributed by atoms with Gasteiger partial charge in [0.15, 0.2) is 0 Å². The minimum Gasteiger partial charge on any atom is -0.324 e. The minimum absolute atomic E-state index is 0.125. The molecule has 0 spiro atoms. The van der Waals surface area contributed by atoms with Gasteiger partial charge in [0.05, 0.1) is 16.1 Å². The molecule has 0 saturated heterocycles. The van der Waals surface area contributed by atoms with Crippen molar-refractivity contribution in [2.45, 2.75) is 38.6 Å². The molecule has 0 N–H and O–H groups in total. The number of fused-ring (bicyclic) bond motifs is 1. The van der Waals surface area contributed by atoms with Gasteiger partial charge in [0.1, 0.15) is 11.6 Å². The van der Waals surface area contributed by atoms with E-state index in [0.29, 0.717) is 24.3 Å². The van der Waals surface area contributed by atoms with E-state index in [1.807, 2.05) is 0 Å². The Balaban J connectivity index is 2.07. The van der Waals surface area contributed by atoms with Crippen LogP contribution in [0.1, 0.15) is 38.1 Å². The molecule has 2 unspecified atom stereocenters. The third kappa shape index (κ3) is 2.42. The van der Waals surface area contributed by atoms with Crippen LogP contribution >= 0.6 is 23.2 Å². The van der Waals surface area contributed by atoms with Crippen molar-refractivity contribution < 1.29 is 4.39 Å². The molecule has 1 heterocycles. The van der Waals surface area contributed by atoms with Gasteiger partial charge in [-0.2, -0.15) is 0 Å². The molecule has 2 atom stereocenters. The lowest BCUT2D eigenvalue weighted by Gasteiger charge is -2.08. The number of aromatic nitrogens is 2. The molecule has 1 aliphatic rings. The van der Waals surface area contributed by atoms with Crippen LogP contribution in [0.25, 0.3) is 11.0 Å². The molecule has 20 heavy (non-hydrogen) atoms. The van der Waals surface area contributed by atoms with Crippen LogP contribution in [0.2, 0.25) is 5.02 Å². The van der Waals surface area contributed by atoms with Gasteiger partial charge in [0, 0.05) is 24.4 Å². The Kier molecular flexibility index (Phi) is 3.91. The number of benzene rings is 1. The number of alkyl halides is 1. The highest BCUT2D eigenvalue weighted by Gasteiger charge is 2.39. The molecule has 0 radical (unpaired) electrons. The Morgan fingerprint density at radius 1 is 1.45 bits per heavy atom. The number of aryl methyl sites for hydroxylation is 1. The molecule has 5 heteroatoms. The summed E-state index contributed by atoms with van der Waals surface area (Å²) in [5.41, 5.74) is 1.61. The molecule has 1 saturated carbocycles. The fourth-order valence-electron chi connectivity index (χ4n) is 3.00. The van der Waals surface area contributed by atoms with Gasteiger partial charge in [-0.15, -0.1) is 11.6 Å². The Morgan fingerprint density at radius 2 is 2.25 bits per heavy atom. The number of hydrogen-bond donors (Lipinski definition) is 0. The molecule has 3 rings (SSSR count). The van der Waals surface area contributed by atoms with E-state index in [0.717, 1.165) is 23.3 Å². The van der Waals surface area contributed by atoms with E-state index in [9.17, 15) is 4.39 Å². The Hall–Kier alpha value is -0.800. The van der Waals surface area contributed by atoms with Crippen LogP contribution in [0.15, 0.2) is 12.1 Å². The smallest absolute Gasteiger partial charge is 0.144 e. The van der Waals surface area contributed by atoms with Gasteiger partial charge in [-0.1, -0.05) is 24.9 Å². The fourth-order valence-corrected chi connectivity index (χ4v) is 3.33. The maximum atomic E-state index is 13.8. The van der Waals surface area contributed by atoms with Gasteiger partial charge in [0.2, 0.25) is 0 Å². The number of rotatable bonds is 5. The average Bonchev–Trinajstić information content (AvgIpc) is 3.07. The summed E-state index contributed by atoms with van der Waals surface area (Å²) in [5, 5.41) is 0.125. The zero-order valence-corrected chi connectivity index (χ0v) is 12.9. The van der Waals surface area contributed by atoms with E-state index in [2.05, 4.69) is 16.5 Å². The summed E-state index contributed by atoms with van der Waals surface area (Å²) in [6, 6.07) is 3.56. The summed E-state index contributed by atoms with van der Waals surface area (Å²) in [4.78, 5) is 4.59. The highest BCUT2D eigenvalue weighted by atomic mass is 35.5. The van der Waals surface area contributed by atoms with Crippen LogP contribution in [0.5, 0.6) is 0 Å². The molecule has 2 aromatic rings. The lowest BCUT2D eigenvalue weighted by Crippen LogP contribution is -2.04. The molecule has 108 valence electrons. The molecule has 1 aromatic heterocycles. The van der Waals surface area contributed by atoms with Crippen LogP contribution in [0.4, 0.5) is 4.39 Å². The van der Waals surface area contributed by atoms with Crippen LogP contribution in [-0.4, -0.2) is 15.4 Å². The van der Waals surface area contributed by atoms with Crippen molar-refractivity contribution in [1.29, 1.82) is 0 Å². The van der Waals surface area contributed by atoms with Crippen LogP contribution in [0, 0.1) is 11.7 Å². The van der Waals surface area contributed by atoms with Crippen LogP contribution in [0.3, 0.4) is 0 Å². The highest BCUT2D eigenvalue weighted by molar-refractivity contribution is 6.31. The average molecular weight is 315 g/mol. The Bertz CT molecular complexity index is 638. The van der Waals surface area contributed by atoms with Crippen molar-refractivity contribution in [3.8, 4) is 0 Å². The van der Waals surface area contributed by atoms with E-state index in [4.69, 9.17) is 23.2 Å². The summed E-state index contributed by atoms with van der Waals surface area (Å²) < 4.78 is 15.9. The third-order valence-electron chi connectivity index (χ3n) is 4.00. The van der Waals surface area contributed by atoms with Crippen molar-refractivity contribution in [2.24, 2.45) is 5.92 Å². The first-order chi connectivity index (χ1) is 9.65. The minimum atomic E-state index is -0.384. The lowest BCUT2D eigenvalue weighted by molar-refractivity contribution is 0.597. The third-order valence-corrected chi connectivity index (χ3v) is 4.48. The molecular formula is C15H17Cl2FN2. The predicted molar refractivity (Wildman–Crippen MR) is 81.2 cm³/mol. The summed E-state index contributed by atoms with van der Waals surface area (Å²) >= 11 is 11.7. The maximum Gasteiger partial charge on any atom is 0.144 e. The van der Waals surface area contributed by atoms with E-state index in [-0.39, 0.29) is 10.8 Å². The van der Waals surface area contributed by atoms with Gasteiger partial charge < -0.3 is 4.57 Å². The topological polar surface area (TPSA) is 17.8 Å². The van der Waals surface area contributed by atoms with Gasteiger partial charge in [-0.25, -0.2) is 9.37 Å².